The molecular formula is C20H22N2O. The normalized spacial score (nSPS) is 14.7. The highest BCUT2D eigenvalue weighted by atomic mass is 16.1. The highest BCUT2D eigenvalue weighted by Gasteiger charge is 2.16. The van der Waals surface area contributed by atoms with Gasteiger partial charge >= 0.3 is 0 Å². The lowest BCUT2D eigenvalue weighted by atomic mass is 9.98. The summed E-state index contributed by atoms with van der Waals surface area (Å²) in [5.41, 5.74) is 5.74. The molecule has 2 aromatic rings. The van der Waals surface area contributed by atoms with Gasteiger partial charge in [0.15, 0.2) is 0 Å². The number of carbonyl (C=O) groups excluding carboxylic acids is 1. The van der Waals surface area contributed by atoms with Crippen molar-refractivity contribution < 1.29 is 4.79 Å². The number of nitrogens with zero attached hydrogens (tertiary/aromatic N) is 1. The monoisotopic (exact) mass is 306 g/mol. The van der Waals surface area contributed by atoms with Crippen LogP contribution in [-0.4, -0.2) is 24.4 Å². The Morgan fingerprint density at radius 2 is 2.00 bits per heavy atom. The molecule has 0 spiro atoms. The molecule has 0 aliphatic carbocycles. The van der Waals surface area contributed by atoms with Crippen LogP contribution in [0.5, 0.6) is 0 Å². The number of hydrogen-bond donors (Lipinski definition) is 1. The molecule has 1 aliphatic heterocycles. The summed E-state index contributed by atoms with van der Waals surface area (Å²) < 4.78 is 0. The van der Waals surface area contributed by atoms with E-state index in [0.717, 1.165) is 36.3 Å². The predicted molar refractivity (Wildman–Crippen MR) is 95.3 cm³/mol. The van der Waals surface area contributed by atoms with Crippen molar-refractivity contribution in [3.63, 3.8) is 0 Å². The van der Waals surface area contributed by atoms with E-state index in [1.807, 2.05) is 49.4 Å². The standard InChI is InChI=1S/C20H22N2O/c1-15-6-3-4-7-16(15)10-11-20(23)21-19-9-5-8-17-14-22(2)13-12-18(17)19/h3-11H,12-14H2,1-2H3,(H,21,23)/b11-10+. The fraction of sp³-hybridized carbons (Fsp3) is 0.250. The Morgan fingerprint density at radius 1 is 1.17 bits per heavy atom. The summed E-state index contributed by atoms with van der Waals surface area (Å²) >= 11 is 0. The molecule has 23 heavy (non-hydrogen) atoms. The van der Waals surface area contributed by atoms with Crippen LogP contribution in [0.3, 0.4) is 0 Å². The molecule has 1 N–H and O–H groups in total. The molecule has 3 heteroatoms. The lowest BCUT2D eigenvalue weighted by molar-refractivity contribution is -0.111. The summed E-state index contributed by atoms with van der Waals surface area (Å²) in [6, 6.07) is 14.2. The first-order valence-electron chi connectivity index (χ1n) is 7.97. The number of hydrogen-bond acceptors (Lipinski definition) is 2. The molecular weight excluding hydrogens is 284 g/mol. The SMILES string of the molecule is Cc1ccccc1/C=C/C(=O)Nc1cccc2c1CCN(C)C2. The van der Waals surface area contributed by atoms with E-state index in [1.165, 1.54) is 11.1 Å². The number of amides is 1. The average molecular weight is 306 g/mol. The Kier molecular flexibility index (Phi) is 4.58. The first kappa shape index (κ1) is 15.5. The van der Waals surface area contributed by atoms with Gasteiger partial charge in [-0.15, -0.1) is 0 Å². The Morgan fingerprint density at radius 3 is 2.83 bits per heavy atom. The molecule has 2 aromatic carbocycles. The fourth-order valence-electron chi connectivity index (χ4n) is 2.98. The molecule has 0 saturated carbocycles. The summed E-state index contributed by atoms with van der Waals surface area (Å²) in [5, 5.41) is 3.03. The highest BCUT2D eigenvalue weighted by Crippen LogP contribution is 2.25. The first-order chi connectivity index (χ1) is 11.1. The maximum absolute atomic E-state index is 12.2. The van der Waals surface area contributed by atoms with Gasteiger partial charge in [-0.25, -0.2) is 0 Å². The molecule has 0 aromatic heterocycles. The van der Waals surface area contributed by atoms with Crippen molar-refractivity contribution in [2.45, 2.75) is 19.9 Å². The first-order valence-corrected chi connectivity index (χ1v) is 7.97. The van der Waals surface area contributed by atoms with E-state index in [9.17, 15) is 4.79 Å². The molecule has 1 amide bonds. The second-order valence-corrected chi connectivity index (χ2v) is 6.11. The summed E-state index contributed by atoms with van der Waals surface area (Å²) in [4.78, 5) is 14.5. The van der Waals surface area contributed by atoms with Crippen LogP contribution in [0.4, 0.5) is 5.69 Å². The van der Waals surface area contributed by atoms with Crippen LogP contribution < -0.4 is 5.32 Å². The van der Waals surface area contributed by atoms with E-state index in [1.54, 1.807) is 6.08 Å². The zero-order valence-corrected chi connectivity index (χ0v) is 13.7. The van der Waals surface area contributed by atoms with Gasteiger partial charge in [-0.05, 0) is 54.8 Å². The summed E-state index contributed by atoms with van der Waals surface area (Å²) in [6.45, 7) is 4.01. The predicted octanol–water partition coefficient (Wildman–Crippen LogP) is 3.63. The number of fused-ring (bicyclic) bond motifs is 1. The Labute approximate surface area is 137 Å². The van der Waals surface area contributed by atoms with E-state index in [-0.39, 0.29) is 5.91 Å². The van der Waals surface area contributed by atoms with Gasteiger partial charge in [-0.2, -0.15) is 0 Å². The highest BCUT2D eigenvalue weighted by molar-refractivity contribution is 6.02. The van der Waals surface area contributed by atoms with E-state index in [4.69, 9.17) is 0 Å². The van der Waals surface area contributed by atoms with Gasteiger partial charge in [-0.3, -0.25) is 4.79 Å². The fourth-order valence-corrected chi connectivity index (χ4v) is 2.98. The van der Waals surface area contributed by atoms with Crippen LogP contribution in [0.2, 0.25) is 0 Å². The minimum Gasteiger partial charge on any atom is -0.322 e. The maximum Gasteiger partial charge on any atom is 0.248 e. The van der Waals surface area contributed by atoms with Crippen molar-refractivity contribution in [2.75, 3.05) is 18.9 Å². The van der Waals surface area contributed by atoms with Crippen molar-refractivity contribution in [3.8, 4) is 0 Å². The largest absolute Gasteiger partial charge is 0.322 e. The number of carbonyl (C=O) groups is 1. The minimum atomic E-state index is -0.0828. The number of aryl methyl sites for hydroxylation is 1. The van der Waals surface area contributed by atoms with Crippen molar-refractivity contribution >= 4 is 17.7 Å². The summed E-state index contributed by atoms with van der Waals surface area (Å²) in [5.74, 6) is -0.0828. The van der Waals surface area contributed by atoms with Gasteiger partial charge in [0.25, 0.3) is 0 Å². The lowest BCUT2D eigenvalue weighted by Gasteiger charge is -2.26. The van der Waals surface area contributed by atoms with Crippen molar-refractivity contribution in [3.05, 3.63) is 70.8 Å². The molecule has 0 unspecified atom stereocenters. The zero-order valence-electron chi connectivity index (χ0n) is 13.7. The quantitative estimate of drug-likeness (QED) is 0.878. The zero-order chi connectivity index (χ0) is 16.2. The molecule has 3 nitrogen and oxygen atoms in total. The molecule has 0 radical (unpaired) electrons. The van der Waals surface area contributed by atoms with Crippen LogP contribution in [0.15, 0.2) is 48.5 Å². The smallest absolute Gasteiger partial charge is 0.248 e. The van der Waals surface area contributed by atoms with Gasteiger partial charge in [0.05, 0.1) is 0 Å². The van der Waals surface area contributed by atoms with Crippen LogP contribution in [0.25, 0.3) is 6.08 Å². The van der Waals surface area contributed by atoms with E-state index in [0.29, 0.717) is 0 Å². The van der Waals surface area contributed by atoms with Crippen LogP contribution in [0.1, 0.15) is 22.3 Å². The van der Waals surface area contributed by atoms with Crippen LogP contribution in [-0.2, 0) is 17.8 Å². The molecule has 118 valence electrons. The van der Waals surface area contributed by atoms with Crippen molar-refractivity contribution in [2.24, 2.45) is 0 Å². The summed E-state index contributed by atoms with van der Waals surface area (Å²) in [6.07, 6.45) is 4.45. The molecule has 1 heterocycles. The number of nitrogens with one attached hydrogen (secondary N) is 1. The second-order valence-electron chi connectivity index (χ2n) is 6.11. The van der Waals surface area contributed by atoms with Crippen LogP contribution in [0, 0.1) is 6.92 Å². The topological polar surface area (TPSA) is 32.3 Å². The lowest BCUT2D eigenvalue weighted by Crippen LogP contribution is -2.27. The summed E-state index contributed by atoms with van der Waals surface area (Å²) in [7, 11) is 2.12. The molecule has 0 saturated heterocycles. The molecule has 1 aliphatic rings. The third kappa shape index (κ3) is 3.69. The second kappa shape index (κ2) is 6.80. The van der Waals surface area contributed by atoms with Gasteiger partial charge in [0.2, 0.25) is 5.91 Å². The average Bonchev–Trinajstić information content (AvgIpc) is 2.54. The Hall–Kier alpha value is -2.39. The molecule has 0 bridgehead atoms. The number of benzene rings is 2. The van der Waals surface area contributed by atoms with E-state index in [2.05, 4.69) is 23.3 Å². The maximum atomic E-state index is 12.2. The number of likely N-dealkylation sites (N-methyl/N-ethyl adjacent to an activating group) is 1. The molecule has 0 atom stereocenters. The third-order valence-corrected chi connectivity index (χ3v) is 4.32. The van der Waals surface area contributed by atoms with Crippen LogP contribution >= 0.6 is 0 Å². The number of anilines is 1. The number of rotatable bonds is 3. The van der Waals surface area contributed by atoms with Gasteiger partial charge in [0, 0.05) is 24.9 Å². The van der Waals surface area contributed by atoms with Crippen molar-refractivity contribution in [1.82, 2.24) is 4.90 Å². The minimum absolute atomic E-state index is 0.0828. The van der Waals surface area contributed by atoms with Gasteiger partial charge in [-0.1, -0.05) is 36.4 Å². The Balaban J connectivity index is 1.74. The van der Waals surface area contributed by atoms with Crippen molar-refractivity contribution in [1.29, 1.82) is 0 Å². The third-order valence-electron chi connectivity index (χ3n) is 4.32. The molecule has 3 rings (SSSR count). The Bertz CT molecular complexity index is 749. The van der Waals surface area contributed by atoms with Gasteiger partial charge < -0.3 is 10.2 Å². The van der Waals surface area contributed by atoms with E-state index < -0.39 is 0 Å². The van der Waals surface area contributed by atoms with E-state index >= 15 is 0 Å². The van der Waals surface area contributed by atoms with Gasteiger partial charge in [0.1, 0.15) is 0 Å². The molecule has 0 fully saturated rings.